The second kappa shape index (κ2) is 14.2. The summed E-state index contributed by atoms with van der Waals surface area (Å²) in [5, 5.41) is 0. The summed E-state index contributed by atoms with van der Waals surface area (Å²) in [7, 11) is 4.31. The van der Waals surface area contributed by atoms with Gasteiger partial charge in [-0.05, 0) is 64.9 Å². The third kappa shape index (κ3) is 7.75. The van der Waals surface area contributed by atoms with Crippen molar-refractivity contribution in [3.63, 3.8) is 0 Å². The number of aromatic nitrogens is 2. The van der Waals surface area contributed by atoms with Crippen LogP contribution in [0.2, 0.25) is 0 Å². The van der Waals surface area contributed by atoms with Crippen LogP contribution in [0.1, 0.15) is 88.2 Å². The van der Waals surface area contributed by atoms with Crippen LogP contribution in [0.4, 0.5) is 11.6 Å². The molecule has 0 aliphatic carbocycles. The van der Waals surface area contributed by atoms with E-state index >= 15 is 0 Å². The highest BCUT2D eigenvalue weighted by Crippen LogP contribution is 2.29. The van der Waals surface area contributed by atoms with E-state index in [0.717, 1.165) is 61.9 Å². The zero-order chi connectivity index (χ0) is 27.7. The number of rotatable bonds is 14. The molecule has 1 atom stereocenters. The second-order valence-electron chi connectivity index (χ2n) is 11.0. The third-order valence-corrected chi connectivity index (χ3v) is 7.93. The molecule has 1 saturated heterocycles. The molecule has 3 rings (SSSR count). The Bertz CT molecular complexity index is 1080. The Balaban J connectivity index is 1.55. The molecule has 208 valence electrons. The molecule has 0 amide bonds. The smallest absolute Gasteiger partial charge is 0.158 e. The summed E-state index contributed by atoms with van der Waals surface area (Å²) in [4.78, 5) is 16.7. The van der Waals surface area contributed by atoms with Crippen LogP contribution in [0.3, 0.4) is 0 Å². The standard InChI is InChI=1S/C32H50N6/c1-8-25(3)37(7)27(5)29-19-13-12-18-28(29)17-11-9-10-14-20-36(6)31-26(4)32(38-21-15-16-22-38)35-30(34-31)23-24(2)33/h12-13,18-19,23,25H,5,8-11,14-17,20-22,33H2,1-4,6-7H3/t25-/m1/s1. The van der Waals surface area contributed by atoms with Crippen molar-refractivity contribution < 1.29 is 0 Å². The highest BCUT2D eigenvalue weighted by molar-refractivity contribution is 5.65. The van der Waals surface area contributed by atoms with E-state index in [2.05, 4.69) is 80.4 Å². The predicted molar refractivity (Wildman–Crippen MR) is 164 cm³/mol. The van der Waals surface area contributed by atoms with Gasteiger partial charge in [-0.15, -0.1) is 0 Å². The van der Waals surface area contributed by atoms with E-state index in [0.29, 0.717) is 11.9 Å². The Hall–Kier alpha value is -3.02. The molecule has 6 nitrogen and oxygen atoms in total. The van der Waals surface area contributed by atoms with E-state index in [9.17, 15) is 0 Å². The first-order valence-corrected chi connectivity index (χ1v) is 14.5. The molecular weight excluding hydrogens is 468 g/mol. The number of allylic oxidation sites excluding steroid dienone is 1. The van der Waals surface area contributed by atoms with Gasteiger partial charge >= 0.3 is 0 Å². The van der Waals surface area contributed by atoms with E-state index in [1.807, 2.05) is 13.0 Å². The van der Waals surface area contributed by atoms with E-state index in [4.69, 9.17) is 15.7 Å². The average molecular weight is 519 g/mol. The molecular formula is C32H50N6. The quantitative estimate of drug-likeness (QED) is 0.283. The molecule has 2 aromatic rings. The fourth-order valence-corrected chi connectivity index (χ4v) is 5.26. The number of nitrogens with two attached hydrogens (primary N) is 1. The zero-order valence-electron chi connectivity index (χ0n) is 24.8. The first kappa shape index (κ1) is 29.5. The van der Waals surface area contributed by atoms with Crippen molar-refractivity contribution in [2.75, 3.05) is 43.5 Å². The van der Waals surface area contributed by atoms with Crippen LogP contribution in [0.25, 0.3) is 11.8 Å². The molecule has 0 bridgehead atoms. The minimum atomic E-state index is 0.490. The maximum absolute atomic E-state index is 5.97. The Morgan fingerprint density at radius 3 is 2.47 bits per heavy atom. The zero-order valence-corrected chi connectivity index (χ0v) is 24.8. The van der Waals surface area contributed by atoms with Gasteiger partial charge in [0.25, 0.3) is 0 Å². The third-order valence-electron chi connectivity index (χ3n) is 7.93. The fraction of sp³-hybridized carbons (Fsp3) is 0.562. The van der Waals surface area contributed by atoms with Gasteiger partial charge in [0.05, 0.1) is 0 Å². The van der Waals surface area contributed by atoms with Gasteiger partial charge in [0.15, 0.2) is 5.82 Å². The van der Waals surface area contributed by atoms with Crippen LogP contribution < -0.4 is 15.5 Å². The molecule has 38 heavy (non-hydrogen) atoms. The van der Waals surface area contributed by atoms with Crippen LogP contribution in [0.15, 0.2) is 36.5 Å². The van der Waals surface area contributed by atoms with Gasteiger partial charge in [-0.25, -0.2) is 9.97 Å². The maximum atomic E-state index is 5.97. The maximum Gasteiger partial charge on any atom is 0.158 e. The molecule has 1 fully saturated rings. The lowest BCUT2D eigenvalue weighted by atomic mass is 9.98. The Kier molecular flexibility index (Phi) is 11.1. The van der Waals surface area contributed by atoms with Crippen molar-refractivity contribution in [3.05, 3.63) is 59.1 Å². The summed E-state index contributed by atoms with van der Waals surface area (Å²) in [6.07, 6.45) is 11.3. The SMILES string of the molecule is C=C(c1ccccc1CCCCCCN(C)c1nc(C=C(C)N)nc(N2CCCC2)c1C)N(C)[C@H](C)CC. The van der Waals surface area contributed by atoms with Crippen LogP contribution in [0.5, 0.6) is 0 Å². The van der Waals surface area contributed by atoms with E-state index in [-0.39, 0.29) is 0 Å². The molecule has 2 heterocycles. The summed E-state index contributed by atoms with van der Waals surface area (Å²) in [6.45, 7) is 16.1. The van der Waals surface area contributed by atoms with Crippen molar-refractivity contribution in [1.29, 1.82) is 0 Å². The number of hydrogen-bond donors (Lipinski definition) is 1. The fourth-order valence-electron chi connectivity index (χ4n) is 5.26. The molecule has 1 aromatic carbocycles. The molecule has 0 radical (unpaired) electrons. The Labute approximate surface area is 231 Å². The highest BCUT2D eigenvalue weighted by atomic mass is 15.2. The van der Waals surface area contributed by atoms with Crippen molar-refractivity contribution >= 4 is 23.4 Å². The molecule has 0 spiro atoms. The lowest BCUT2D eigenvalue weighted by Gasteiger charge is -2.29. The minimum Gasteiger partial charge on any atom is -0.402 e. The van der Waals surface area contributed by atoms with Crippen LogP contribution in [-0.4, -0.2) is 54.6 Å². The van der Waals surface area contributed by atoms with E-state index in [1.54, 1.807) is 0 Å². The summed E-state index contributed by atoms with van der Waals surface area (Å²) in [5.74, 6) is 2.79. The molecule has 0 unspecified atom stereocenters. The number of unbranched alkanes of at least 4 members (excludes halogenated alkanes) is 3. The van der Waals surface area contributed by atoms with E-state index in [1.165, 1.54) is 48.8 Å². The summed E-state index contributed by atoms with van der Waals surface area (Å²) in [5.41, 5.74) is 11.7. The number of anilines is 2. The average Bonchev–Trinajstić information content (AvgIpc) is 3.44. The van der Waals surface area contributed by atoms with Gasteiger partial charge in [-0.2, -0.15) is 0 Å². The van der Waals surface area contributed by atoms with Gasteiger partial charge in [0, 0.05) is 68.4 Å². The van der Waals surface area contributed by atoms with Gasteiger partial charge in [0.1, 0.15) is 11.6 Å². The predicted octanol–water partition coefficient (Wildman–Crippen LogP) is 6.65. The number of aryl methyl sites for hydroxylation is 1. The van der Waals surface area contributed by atoms with Crippen LogP contribution in [-0.2, 0) is 6.42 Å². The number of hydrogen-bond acceptors (Lipinski definition) is 6. The van der Waals surface area contributed by atoms with Crippen molar-refractivity contribution in [3.8, 4) is 0 Å². The second-order valence-corrected chi connectivity index (χ2v) is 11.0. The summed E-state index contributed by atoms with van der Waals surface area (Å²) >= 11 is 0. The Morgan fingerprint density at radius 2 is 1.79 bits per heavy atom. The lowest BCUT2D eigenvalue weighted by molar-refractivity contribution is 0.362. The van der Waals surface area contributed by atoms with Crippen LogP contribution >= 0.6 is 0 Å². The number of nitrogens with zero attached hydrogens (tertiary/aromatic N) is 5. The molecule has 2 N–H and O–H groups in total. The summed E-state index contributed by atoms with van der Waals surface area (Å²) < 4.78 is 0. The normalized spacial score (nSPS) is 14.6. The molecule has 1 aliphatic rings. The molecule has 0 saturated carbocycles. The van der Waals surface area contributed by atoms with Gasteiger partial charge in [-0.3, -0.25) is 0 Å². The van der Waals surface area contributed by atoms with Crippen LogP contribution in [0, 0.1) is 6.92 Å². The lowest BCUT2D eigenvalue weighted by Crippen LogP contribution is -2.26. The van der Waals surface area contributed by atoms with Gasteiger partial charge < -0.3 is 20.4 Å². The topological polar surface area (TPSA) is 61.5 Å². The van der Waals surface area contributed by atoms with E-state index < -0.39 is 0 Å². The van der Waals surface area contributed by atoms with Crippen molar-refractivity contribution in [1.82, 2.24) is 14.9 Å². The summed E-state index contributed by atoms with van der Waals surface area (Å²) in [6, 6.07) is 9.26. The minimum absolute atomic E-state index is 0.490. The monoisotopic (exact) mass is 518 g/mol. The first-order valence-electron chi connectivity index (χ1n) is 14.5. The van der Waals surface area contributed by atoms with Gasteiger partial charge in [0.2, 0.25) is 0 Å². The largest absolute Gasteiger partial charge is 0.402 e. The number of benzene rings is 1. The molecule has 1 aliphatic heterocycles. The van der Waals surface area contributed by atoms with Crippen molar-refractivity contribution in [2.45, 2.75) is 85.1 Å². The molecule has 1 aromatic heterocycles. The molecule has 6 heteroatoms. The first-order chi connectivity index (χ1) is 18.2. The van der Waals surface area contributed by atoms with Gasteiger partial charge in [-0.1, -0.05) is 50.6 Å². The van der Waals surface area contributed by atoms with Crippen molar-refractivity contribution in [2.24, 2.45) is 5.73 Å². The Morgan fingerprint density at radius 1 is 1.11 bits per heavy atom. The highest BCUT2D eigenvalue weighted by Gasteiger charge is 2.21.